The summed E-state index contributed by atoms with van der Waals surface area (Å²) in [6.07, 6.45) is 0. The van der Waals surface area contributed by atoms with Gasteiger partial charge in [0, 0.05) is 44.6 Å². The Morgan fingerprint density at radius 3 is 2.54 bits per heavy atom. The normalized spacial score (nSPS) is 14.8. The number of benzene rings is 1. The highest BCUT2D eigenvalue weighted by Gasteiger charge is 2.22. The molecule has 7 heteroatoms. The van der Waals surface area contributed by atoms with Crippen molar-refractivity contribution in [3.8, 4) is 5.75 Å². The lowest BCUT2D eigenvalue weighted by molar-refractivity contribution is -0.123. The van der Waals surface area contributed by atoms with E-state index in [2.05, 4.69) is 10.2 Å². The van der Waals surface area contributed by atoms with Crippen molar-refractivity contribution in [3.63, 3.8) is 0 Å². The number of para-hydroxylation sites is 1. The molecular formula is C19H23N3O3S. The van der Waals surface area contributed by atoms with Crippen molar-refractivity contribution < 1.29 is 14.3 Å². The molecular weight excluding hydrogens is 350 g/mol. The van der Waals surface area contributed by atoms with Crippen LogP contribution in [0.3, 0.4) is 0 Å². The van der Waals surface area contributed by atoms with Crippen LogP contribution in [-0.4, -0.2) is 67.5 Å². The monoisotopic (exact) mass is 373 g/mol. The van der Waals surface area contributed by atoms with Crippen LogP contribution in [-0.2, 0) is 4.79 Å². The van der Waals surface area contributed by atoms with Gasteiger partial charge in [-0.1, -0.05) is 18.2 Å². The van der Waals surface area contributed by atoms with Crippen LogP contribution >= 0.6 is 11.3 Å². The predicted molar refractivity (Wildman–Crippen MR) is 102 cm³/mol. The maximum atomic E-state index is 12.3. The van der Waals surface area contributed by atoms with E-state index in [-0.39, 0.29) is 18.4 Å². The zero-order valence-corrected chi connectivity index (χ0v) is 15.4. The molecule has 1 aliphatic heterocycles. The molecule has 0 radical (unpaired) electrons. The number of thiophene rings is 1. The van der Waals surface area contributed by atoms with Crippen LogP contribution in [0.4, 0.5) is 0 Å². The summed E-state index contributed by atoms with van der Waals surface area (Å²) in [6, 6.07) is 11.2. The van der Waals surface area contributed by atoms with Crippen molar-refractivity contribution in [2.75, 3.05) is 45.9 Å². The van der Waals surface area contributed by atoms with Crippen molar-refractivity contribution in [1.82, 2.24) is 15.1 Å². The Morgan fingerprint density at radius 2 is 1.85 bits per heavy atom. The number of hydrogen-bond acceptors (Lipinski definition) is 5. The molecule has 2 heterocycles. The molecule has 0 saturated carbocycles. The first-order chi connectivity index (χ1) is 12.7. The number of carbonyl (C=O) groups excluding carboxylic acids is 2. The van der Waals surface area contributed by atoms with E-state index in [1.807, 2.05) is 52.1 Å². The largest absolute Gasteiger partial charge is 0.484 e. The molecule has 2 aromatic rings. The van der Waals surface area contributed by atoms with Crippen LogP contribution in [0.5, 0.6) is 5.75 Å². The fraction of sp³-hybridized carbons (Fsp3) is 0.368. The first-order valence-electron chi connectivity index (χ1n) is 8.71. The minimum absolute atomic E-state index is 0.0208. The molecule has 1 saturated heterocycles. The number of amides is 2. The van der Waals surface area contributed by atoms with Crippen LogP contribution < -0.4 is 10.1 Å². The van der Waals surface area contributed by atoms with Gasteiger partial charge in [-0.05, 0) is 23.6 Å². The van der Waals surface area contributed by atoms with Crippen molar-refractivity contribution in [2.24, 2.45) is 0 Å². The zero-order chi connectivity index (χ0) is 18.2. The lowest BCUT2D eigenvalue weighted by Crippen LogP contribution is -2.50. The van der Waals surface area contributed by atoms with Crippen molar-refractivity contribution in [1.29, 1.82) is 0 Å². The molecule has 1 aromatic heterocycles. The second-order valence-corrected chi connectivity index (χ2v) is 6.88. The maximum absolute atomic E-state index is 12.3. The lowest BCUT2D eigenvalue weighted by atomic mass is 10.2. The summed E-state index contributed by atoms with van der Waals surface area (Å²) in [5, 5.41) is 6.69. The van der Waals surface area contributed by atoms with E-state index in [4.69, 9.17) is 4.74 Å². The Balaban J connectivity index is 1.30. The molecule has 0 aliphatic carbocycles. The average molecular weight is 373 g/mol. The average Bonchev–Trinajstić information content (AvgIpc) is 3.22. The second-order valence-electron chi connectivity index (χ2n) is 6.10. The molecule has 1 aromatic carbocycles. The zero-order valence-electron chi connectivity index (χ0n) is 14.6. The van der Waals surface area contributed by atoms with Crippen LogP contribution in [0.15, 0.2) is 47.2 Å². The van der Waals surface area contributed by atoms with Gasteiger partial charge in [-0.25, -0.2) is 0 Å². The highest BCUT2D eigenvalue weighted by atomic mass is 32.1. The molecule has 0 unspecified atom stereocenters. The summed E-state index contributed by atoms with van der Waals surface area (Å²) >= 11 is 1.54. The van der Waals surface area contributed by atoms with Gasteiger partial charge in [0.05, 0.1) is 5.56 Å². The third-order valence-electron chi connectivity index (χ3n) is 4.29. The summed E-state index contributed by atoms with van der Waals surface area (Å²) in [6.45, 7) is 4.47. The van der Waals surface area contributed by atoms with Crippen molar-refractivity contribution in [3.05, 3.63) is 52.7 Å². The van der Waals surface area contributed by atoms with Gasteiger partial charge in [-0.3, -0.25) is 14.5 Å². The van der Waals surface area contributed by atoms with Gasteiger partial charge >= 0.3 is 0 Å². The topological polar surface area (TPSA) is 61.9 Å². The molecule has 1 aliphatic rings. The number of hydrogen-bond donors (Lipinski definition) is 1. The summed E-state index contributed by atoms with van der Waals surface area (Å²) in [5.74, 6) is 0.673. The number of nitrogens with one attached hydrogen (secondary N) is 1. The van der Waals surface area contributed by atoms with Crippen molar-refractivity contribution >= 4 is 23.2 Å². The number of carbonyl (C=O) groups is 2. The van der Waals surface area contributed by atoms with E-state index in [1.165, 1.54) is 0 Å². The van der Waals surface area contributed by atoms with Gasteiger partial charge in [-0.2, -0.15) is 11.3 Å². The number of rotatable bonds is 7. The van der Waals surface area contributed by atoms with Gasteiger partial charge in [0.2, 0.25) is 0 Å². The van der Waals surface area contributed by atoms with Gasteiger partial charge in [0.1, 0.15) is 5.75 Å². The molecule has 0 atom stereocenters. The minimum atomic E-state index is -0.125. The standard InChI is InChI=1S/C19H23N3O3S/c23-18(14-25-17-4-2-1-3-5-17)20-7-8-21-9-11-22(12-10-21)19(24)16-6-13-26-15-16/h1-6,13,15H,7-12,14H2,(H,20,23). The number of piperazine rings is 1. The highest BCUT2D eigenvalue weighted by Crippen LogP contribution is 2.12. The maximum Gasteiger partial charge on any atom is 0.257 e. The van der Waals surface area contributed by atoms with Crippen LogP contribution in [0.2, 0.25) is 0 Å². The smallest absolute Gasteiger partial charge is 0.257 e. The van der Waals surface area contributed by atoms with E-state index in [1.54, 1.807) is 11.3 Å². The van der Waals surface area contributed by atoms with E-state index in [0.29, 0.717) is 12.3 Å². The number of nitrogens with zero attached hydrogens (tertiary/aromatic N) is 2. The molecule has 1 fully saturated rings. The molecule has 0 bridgehead atoms. The van der Waals surface area contributed by atoms with Gasteiger partial charge in [0.25, 0.3) is 11.8 Å². The third kappa shape index (κ3) is 5.31. The van der Waals surface area contributed by atoms with Crippen LogP contribution in [0.25, 0.3) is 0 Å². The van der Waals surface area contributed by atoms with Gasteiger partial charge < -0.3 is 15.0 Å². The Labute approximate surface area is 157 Å². The Morgan fingerprint density at radius 1 is 1.08 bits per heavy atom. The third-order valence-corrected chi connectivity index (χ3v) is 4.97. The summed E-state index contributed by atoms with van der Waals surface area (Å²) in [7, 11) is 0. The molecule has 138 valence electrons. The first-order valence-corrected chi connectivity index (χ1v) is 9.65. The van der Waals surface area contributed by atoms with Gasteiger partial charge in [0.15, 0.2) is 6.61 Å². The van der Waals surface area contributed by atoms with Gasteiger partial charge in [-0.15, -0.1) is 0 Å². The predicted octanol–water partition coefficient (Wildman–Crippen LogP) is 1.70. The Bertz CT molecular complexity index is 698. The highest BCUT2D eigenvalue weighted by molar-refractivity contribution is 7.08. The minimum Gasteiger partial charge on any atom is -0.484 e. The fourth-order valence-electron chi connectivity index (χ4n) is 2.81. The number of ether oxygens (including phenoxy) is 1. The quantitative estimate of drug-likeness (QED) is 0.803. The molecule has 26 heavy (non-hydrogen) atoms. The molecule has 3 rings (SSSR count). The lowest BCUT2D eigenvalue weighted by Gasteiger charge is -2.34. The fourth-order valence-corrected chi connectivity index (χ4v) is 3.44. The molecule has 6 nitrogen and oxygen atoms in total. The SMILES string of the molecule is O=C(COc1ccccc1)NCCN1CCN(C(=O)c2ccsc2)CC1. The Kier molecular flexibility index (Phi) is 6.62. The van der Waals surface area contributed by atoms with E-state index >= 15 is 0 Å². The molecule has 2 amide bonds. The second kappa shape index (κ2) is 9.35. The summed E-state index contributed by atoms with van der Waals surface area (Å²) < 4.78 is 5.42. The molecule has 1 N–H and O–H groups in total. The summed E-state index contributed by atoms with van der Waals surface area (Å²) in [4.78, 5) is 28.3. The van der Waals surface area contributed by atoms with Crippen molar-refractivity contribution in [2.45, 2.75) is 0 Å². The van der Waals surface area contributed by atoms with Crippen LogP contribution in [0, 0.1) is 0 Å². The summed E-state index contributed by atoms with van der Waals surface area (Å²) in [5.41, 5.74) is 0.772. The Hall–Kier alpha value is -2.38. The first kappa shape index (κ1) is 18.4. The van der Waals surface area contributed by atoms with Crippen LogP contribution in [0.1, 0.15) is 10.4 Å². The van der Waals surface area contributed by atoms with E-state index in [9.17, 15) is 9.59 Å². The van der Waals surface area contributed by atoms with E-state index < -0.39 is 0 Å². The van der Waals surface area contributed by atoms with E-state index in [0.717, 1.165) is 38.3 Å². The molecule has 0 spiro atoms.